The molecular weight excluding hydrogens is 446 g/mol. The lowest BCUT2D eigenvalue weighted by atomic mass is 9.86. The summed E-state index contributed by atoms with van der Waals surface area (Å²) in [4.78, 5) is 16.9. The zero-order chi connectivity index (χ0) is 23.9. The molecule has 12 heteroatoms. The van der Waals surface area contributed by atoms with E-state index in [1.54, 1.807) is 0 Å². The summed E-state index contributed by atoms with van der Waals surface area (Å²) in [5, 5.41) is 25.8. The third-order valence-electron chi connectivity index (χ3n) is 5.42. The number of nitrogens with zero attached hydrogens (tertiary/aromatic N) is 5. The highest BCUT2D eigenvalue weighted by atomic mass is 19.1. The van der Waals surface area contributed by atoms with Gasteiger partial charge in [-0.15, -0.1) is 0 Å². The van der Waals surface area contributed by atoms with Gasteiger partial charge in [0.1, 0.15) is 41.5 Å². The van der Waals surface area contributed by atoms with Gasteiger partial charge in [-0.05, 0) is 25.1 Å². The standard InChI is InChI=1S/C21H17F4N5O3/c1-12(29-8-19(31)30(20(29)32)18-5-3-14(23)7-17(18)25)21(33,9-28-11-26-10-27-28)15-4-2-13(22)6-16(15)24/h2-8,10-12,31,33H,9H2,1H3. The lowest BCUT2D eigenvalue weighted by Crippen LogP contribution is -2.43. The monoisotopic (exact) mass is 463 g/mol. The first-order valence-electron chi connectivity index (χ1n) is 9.60. The average molecular weight is 463 g/mol. The number of aromatic nitrogens is 5. The van der Waals surface area contributed by atoms with E-state index in [1.807, 2.05) is 0 Å². The molecule has 2 heterocycles. The molecule has 0 spiro atoms. The molecule has 0 aliphatic rings. The number of aromatic hydroxyl groups is 1. The first-order chi connectivity index (χ1) is 15.6. The van der Waals surface area contributed by atoms with Gasteiger partial charge >= 0.3 is 5.69 Å². The number of aliphatic hydroxyl groups is 1. The molecule has 0 saturated heterocycles. The van der Waals surface area contributed by atoms with Crippen molar-refractivity contribution in [1.29, 1.82) is 0 Å². The lowest BCUT2D eigenvalue weighted by molar-refractivity contribution is -0.0342. The molecule has 172 valence electrons. The number of imidazole rings is 1. The molecule has 0 fully saturated rings. The molecule has 4 rings (SSSR count). The van der Waals surface area contributed by atoms with Crippen molar-refractivity contribution in [2.75, 3.05) is 0 Å². The number of hydrogen-bond donors (Lipinski definition) is 2. The Kier molecular flexibility index (Phi) is 5.54. The Morgan fingerprint density at radius 3 is 2.33 bits per heavy atom. The molecule has 33 heavy (non-hydrogen) atoms. The van der Waals surface area contributed by atoms with Gasteiger partial charge in [-0.25, -0.2) is 36.6 Å². The summed E-state index contributed by atoms with van der Waals surface area (Å²) in [6.07, 6.45) is 3.35. The fraction of sp³-hybridized carbons (Fsp3) is 0.190. The van der Waals surface area contributed by atoms with Crippen molar-refractivity contribution >= 4 is 0 Å². The van der Waals surface area contributed by atoms with Crippen LogP contribution >= 0.6 is 0 Å². The smallest absolute Gasteiger partial charge is 0.336 e. The maximum atomic E-state index is 14.7. The van der Waals surface area contributed by atoms with Crippen LogP contribution in [0.15, 0.2) is 60.0 Å². The fourth-order valence-corrected chi connectivity index (χ4v) is 3.69. The van der Waals surface area contributed by atoms with Crippen molar-refractivity contribution in [2.24, 2.45) is 0 Å². The van der Waals surface area contributed by atoms with Crippen molar-refractivity contribution in [3.63, 3.8) is 0 Å². The van der Waals surface area contributed by atoms with Crippen LogP contribution in [0.25, 0.3) is 5.69 Å². The SMILES string of the molecule is CC(n1cc(O)n(-c2ccc(F)cc2F)c1=O)C(O)(Cn1cncn1)c1ccc(F)cc1F. The Morgan fingerprint density at radius 1 is 1.06 bits per heavy atom. The molecule has 2 aromatic heterocycles. The summed E-state index contributed by atoms with van der Waals surface area (Å²) < 4.78 is 58.4. The van der Waals surface area contributed by atoms with Gasteiger partial charge in [0.25, 0.3) is 0 Å². The topological polar surface area (TPSA) is 98.1 Å². The summed E-state index contributed by atoms with van der Waals surface area (Å²) in [6.45, 7) is 0.950. The van der Waals surface area contributed by atoms with Crippen molar-refractivity contribution in [3.05, 3.63) is 94.6 Å². The van der Waals surface area contributed by atoms with E-state index in [9.17, 15) is 32.6 Å². The van der Waals surface area contributed by atoms with E-state index in [4.69, 9.17) is 0 Å². The van der Waals surface area contributed by atoms with Crippen LogP contribution in [0.1, 0.15) is 18.5 Å². The van der Waals surface area contributed by atoms with Crippen LogP contribution in [0.2, 0.25) is 0 Å². The third-order valence-corrected chi connectivity index (χ3v) is 5.42. The van der Waals surface area contributed by atoms with Crippen molar-refractivity contribution in [2.45, 2.75) is 25.1 Å². The minimum atomic E-state index is -2.20. The molecule has 2 N–H and O–H groups in total. The Labute approximate surface area is 183 Å². The molecule has 2 aromatic carbocycles. The first kappa shape index (κ1) is 22.3. The predicted octanol–water partition coefficient (Wildman–Crippen LogP) is 2.64. The zero-order valence-corrected chi connectivity index (χ0v) is 17.0. The Hall–Kier alpha value is -3.93. The summed E-state index contributed by atoms with van der Waals surface area (Å²) >= 11 is 0. The highest BCUT2D eigenvalue weighted by Gasteiger charge is 2.41. The molecule has 0 radical (unpaired) electrons. The number of halogens is 4. The minimum Gasteiger partial charge on any atom is -0.493 e. The second-order valence-electron chi connectivity index (χ2n) is 7.43. The molecule has 0 amide bonds. The first-order valence-corrected chi connectivity index (χ1v) is 9.60. The minimum absolute atomic E-state index is 0.348. The second kappa shape index (κ2) is 8.20. The van der Waals surface area contributed by atoms with E-state index >= 15 is 0 Å². The van der Waals surface area contributed by atoms with Crippen LogP contribution in [0.3, 0.4) is 0 Å². The quantitative estimate of drug-likeness (QED) is 0.429. The number of hydrogen-bond acceptors (Lipinski definition) is 5. The summed E-state index contributed by atoms with van der Waals surface area (Å²) in [6, 6.07) is 3.66. The van der Waals surface area contributed by atoms with E-state index in [1.165, 1.54) is 24.3 Å². The highest BCUT2D eigenvalue weighted by molar-refractivity contribution is 5.37. The summed E-state index contributed by atoms with van der Waals surface area (Å²) in [5.41, 5.74) is -3.98. The van der Waals surface area contributed by atoms with E-state index in [0.717, 1.165) is 35.0 Å². The number of benzene rings is 2. The van der Waals surface area contributed by atoms with E-state index < -0.39 is 58.7 Å². The van der Waals surface area contributed by atoms with Gasteiger partial charge in [0.15, 0.2) is 0 Å². The van der Waals surface area contributed by atoms with Crippen molar-refractivity contribution in [1.82, 2.24) is 23.9 Å². The average Bonchev–Trinajstić information content (AvgIpc) is 3.35. The number of rotatable bonds is 6. The molecule has 2 unspecified atom stereocenters. The van der Waals surface area contributed by atoms with Gasteiger partial charge in [-0.3, -0.25) is 4.57 Å². The second-order valence-corrected chi connectivity index (χ2v) is 7.43. The molecule has 4 aromatic rings. The van der Waals surface area contributed by atoms with Gasteiger partial charge in [0.2, 0.25) is 5.88 Å². The van der Waals surface area contributed by atoms with E-state index in [-0.39, 0.29) is 5.56 Å². The van der Waals surface area contributed by atoms with Crippen molar-refractivity contribution in [3.8, 4) is 11.6 Å². The highest BCUT2D eigenvalue weighted by Crippen LogP contribution is 2.37. The van der Waals surface area contributed by atoms with E-state index in [2.05, 4.69) is 10.1 Å². The van der Waals surface area contributed by atoms with E-state index in [0.29, 0.717) is 16.7 Å². The Bertz CT molecular complexity index is 1370. The van der Waals surface area contributed by atoms with Crippen LogP contribution < -0.4 is 5.69 Å². The van der Waals surface area contributed by atoms with Gasteiger partial charge in [0.05, 0.1) is 24.5 Å². The van der Waals surface area contributed by atoms with Crippen LogP contribution in [0, 0.1) is 23.3 Å². The molecule has 0 saturated carbocycles. The van der Waals surface area contributed by atoms with Crippen LogP contribution in [0.5, 0.6) is 5.88 Å². The van der Waals surface area contributed by atoms with Crippen LogP contribution in [-0.4, -0.2) is 34.1 Å². The molecule has 0 aliphatic heterocycles. The van der Waals surface area contributed by atoms with Crippen LogP contribution in [0.4, 0.5) is 17.6 Å². The Balaban J connectivity index is 1.87. The normalized spacial score (nSPS) is 14.2. The van der Waals surface area contributed by atoms with Gasteiger partial charge in [0, 0.05) is 17.7 Å². The van der Waals surface area contributed by atoms with Crippen LogP contribution in [-0.2, 0) is 12.1 Å². The fourth-order valence-electron chi connectivity index (χ4n) is 3.69. The third kappa shape index (κ3) is 3.89. The summed E-state index contributed by atoms with van der Waals surface area (Å²) in [7, 11) is 0. The summed E-state index contributed by atoms with van der Waals surface area (Å²) in [5.74, 6) is -4.66. The van der Waals surface area contributed by atoms with Gasteiger partial charge < -0.3 is 10.2 Å². The predicted molar refractivity (Wildman–Crippen MR) is 107 cm³/mol. The molecule has 0 aliphatic carbocycles. The molecule has 8 nitrogen and oxygen atoms in total. The molecular formula is C21H17F4N5O3. The largest absolute Gasteiger partial charge is 0.493 e. The maximum absolute atomic E-state index is 14.7. The Morgan fingerprint density at radius 2 is 1.73 bits per heavy atom. The van der Waals surface area contributed by atoms with Gasteiger partial charge in [-0.1, -0.05) is 6.07 Å². The molecule has 2 atom stereocenters. The molecule has 0 bridgehead atoms. The lowest BCUT2D eigenvalue weighted by Gasteiger charge is -2.35. The zero-order valence-electron chi connectivity index (χ0n) is 17.0. The maximum Gasteiger partial charge on any atom is 0.336 e. The van der Waals surface area contributed by atoms with Gasteiger partial charge in [-0.2, -0.15) is 5.10 Å². The van der Waals surface area contributed by atoms with Crippen molar-refractivity contribution < 1.29 is 27.8 Å².